The molecule has 0 saturated carbocycles. The number of hydrogen-bond donors (Lipinski definition) is 2. The van der Waals surface area contributed by atoms with E-state index in [2.05, 4.69) is 5.32 Å². The van der Waals surface area contributed by atoms with Crippen molar-refractivity contribution in [3.05, 3.63) is 23.2 Å². The molecule has 0 aromatic heterocycles. The van der Waals surface area contributed by atoms with E-state index in [0.717, 1.165) is 12.8 Å². The van der Waals surface area contributed by atoms with E-state index in [-0.39, 0.29) is 17.9 Å². The summed E-state index contributed by atoms with van der Waals surface area (Å²) in [6.07, 6.45) is 1.48. The second-order valence-corrected chi connectivity index (χ2v) is 5.32. The standard InChI is InChI=1S/C14H18ClN3O3/c1-21-11-6-2-5-10(12(11)15)17-14(20)18-7-3-4-9(8-18)13(16)19/h2,5-6,9H,3-4,7-8H2,1H3,(H2,16,19)(H,17,20)/t9-/m0/s1. The van der Waals surface area contributed by atoms with E-state index >= 15 is 0 Å². The molecule has 0 radical (unpaired) electrons. The minimum absolute atomic E-state index is 0.287. The maximum atomic E-state index is 12.3. The first kappa shape index (κ1) is 15.4. The lowest BCUT2D eigenvalue weighted by Crippen LogP contribution is -2.45. The number of carbonyl (C=O) groups excluding carboxylic acids is 2. The van der Waals surface area contributed by atoms with Crippen molar-refractivity contribution >= 4 is 29.2 Å². The number of halogens is 1. The quantitative estimate of drug-likeness (QED) is 0.896. The lowest BCUT2D eigenvalue weighted by atomic mass is 9.98. The Bertz CT molecular complexity index is 550. The molecule has 1 aliphatic rings. The van der Waals surface area contributed by atoms with Crippen molar-refractivity contribution in [3.63, 3.8) is 0 Å². The van der Waals surface area contributed by atoms with Gasteiger partial charge in [0.1, 0.15) is 10.8 Å². The molecule has 0 unspecified atom stereocenters. The average Bonchev–Trinajstić information content (AvgIpc) is 2.49. The Labute approximate surface area is 128 Å². The van der Waals surface area contributed by atoms with Crippen molar-refractivity contribution < 1.29 is 14.3 Å². The maximum absolute atomic E-state index is 12.3. The highest BCUT2D eigenvalue weighted by molar-refractivity contribution is 6.35. The van der Waals surface area contributed by atoms with Gasteiger partial charge in [-0.15, -0.1) is 0 Å². The van der Waals surface area contributed by atoms with Crippen LogP contribution in [0.5, 0.6) is 5.75 Å². The second kappa shape index (κ2) is 6.67. The normalized spacial score (nSPS) is 18.2. The number of rotatable bonds is 3. The summed E-state index contributed by atoms with van der Waals surface area (Å²) in [7, 11) is 1.51. The number of benzene rings is 1. The molecule has 1 fully saturated rings. The molecule has 0 aliphatic carbocycles. The maximum Gasteiger partial charge on any atom is 0.321 e. The lowest BCUT2D eigenvalue weighted by molar-refractivity contribution is -0.123. The fraction of sp³-hybridized carbons (Fsp3) is 0.429. The van der Waals surface area contributed by atoms with Gasteiger partial charge in [0.15, 0.2) is 0 Å². The van der Waals surface area contributed by atoms with Crippen LogP contribution in [0.4, 0.5) is 10.5 Å². The predicted octanol–water partition coefficient (Wildman–Crippen LogP) is 2.08. The second-order valence-electron chi connectivity index (χ2n) is 4.94. The summed E-state index contributed by atoms with van der Waals surface area (Å²) >= 11 is 6.14. The van der Waals surface area contributed by atoms with Crippen LogP contribution in [0.15, 0.2) is 18.2 Å². The smallest absolute Gasteiger partial charge is 0.321 e. The highest BCUT2D eigenvalue weighted by Gasteiger charge is 2.27. The molecule has 21 heavy (non-hydrogen) atoms. The van der Waals surface area contributed by atoms with Crippen LogP contribution in [0.1, 0.15) is 12.8 Å². The molecule has 2 rings (SSSR count). The lowest BCUT2D eigenvalue weighted by Gasteiger charge is -2.31. The Morgan fingerprint density at radius 3 is 2.90 bits per heavy atom. The first-order valence-corrected chi connectivity index (χ1v) is 7.08. The highest BCUT2D eigenvalue weighted by Crippen LogP contribution is 2.32. The zero-order valence-corrected chi connectivity index (χ0v) is 12.5. The Balaban J connectivity index is 2.06. The molecule has 3 amide bonds. The number of hydrogen-bond acceptors (Lipinski definition) is 3. The monoisotopic (exact) mass is 311 g/mol. The summed E-state index contributed by atoms with van der Waals surface area (Å²) in [4.78, 5) is 25.1. The molecule has 114 valence electrons. The molecular weight excluding hydrogens is 294 g/mol. The zero-order chi connectivity index (χ0) is 15.4. The summed E-state index contributed by atoms with van der Waals surface area (Å²) in [5, 5.41) is 3.08. The number of ether oxygens (including phenoxy) is 1. The van der Waals surface area contributed by atoms with Gasteiger partial charge in [-0.25, -0.2) is 4.79 Å². The van der Waals surface area contributed by atoms with E-state index in [9.17, 15) is 9.59 Å². The molecule has 1 aromatic carbocycles. The van der Waals surface area contributed by atoms with Crippen molar-refractivity contribution in [1.82, 2.24) is 4.90 Å². The number of piperidine rings is 1. The summed E-state index contributed by atoms with van der Waals surface area (Å²) in [6, 6.07) is 4.85. The largest absolute Gasteiger partial charge is 0.495 e. The van der Waals surface area contributed by atoms with Crippen LogP contribution < -0.4 is 15.8 Å². The summed E-state index contributed by atoms with van der Waals surface area (Å²) < 4.78 is 5.10. The van der Waals surface area contributed by atoms with Gasteiger partial charge in [0, 0.05) is 13.1 Å². The molecule has 7 heteroatoms. The average molecular weight is 312 g/mol. The predicted molar refractivity (Wildman–Crippen MR) is 80.5 cm³/mol. The Hall–Kier alpha value is -1.95. The number of nitrogens with one attached hydrogen (secondary N) is 1. The number of nitrogens with two attached hydrogens (primary N) is 1. The number of carbonyl (C=O) groups is 2. The van der Waals surface area contributed by atoms with E-state index in [1.165, 1.54) is 7.11 Å². The van der Waals surface area contributed by atoms with Gasteiger partial charge < -0.3 is 20.7 Å². The SMILES string of the molecule is COc1cccc(NC(=O)N2CCC[C@H](C(N)=O)C2)c1Cl. The number of primary amides is 1. The number of anilines is 1. The van der Waals surface area contributed by atoms with E-state index < -0.39 is 0 Å². The number of nitrogens with zero attached hydrogens (tertiary/aromatic N) is 1. The minimum Gasteiger partial charge on any atom is -0.495 e. The molecule has 1 saturated heterocycles. The van der Waals surface area contributed by atoms with Crippen LogP contribution in [0.25, 0.3) is 0 Å². The fourth-order valence-corrected chi connectivity index (χ4v) is 2.60. The van der Waals surface area contributed by atoms with E-state index in [0.29, 0.717) is 29.5 Å². The van der Waals surface area contributed by atoms with Gasteiger partial charge in [0.2, 0.25) is 5.91 Å². The van der Waals surface area contributed by atoms with Gasteiger partial charge in [0.05, 0.1) is 18.7 Å². The van der Waals surface area contributed by atoms with Crippen molar-refractivity contribution in [2.45, 2.75) is 12.8 Å². The van der Waals surface area contributed by atoms with E-state index in [4.69, 9.17) is 22.1 Å². The third kappa shape index (κ3) is 3.58. The van der Waals surface area contributed by atoms with Crippen LogP contribution in [0.2, 0.25) is 5.02 Å². The Morgan fingerprint density at radius 2 is 2.24 bits per heavy atom. The number of urea groups is 1. The van der Waals surface area contributed by atoms with E-state index in [1.807, 2.05) is 0 Å². The molecule has 6 nitrogen and oxygen atoms in total. The summed E-state index contributed by atoms with van der Waals surface area (Å²) in [6.45, 7) is 0.931. The highest BCUT2D eigenvalue weighted by atomic mass is 35.5. The van der Waals surface area contributed by atoms with Gasteiger partial charge in [-0.2, -0.15) is 0 Å². The Kier molecular flexibility index (Phi) is 4.90. The molecule has 0 bridgehead atoms. The number of likely N-dealkylation sites (tertiary alicyclic amines) is 1. The van der Waals surface area contributed by atoms with Crippen LogP contribution in [-0.2, 0) is 4.79 Å². The van der Waals surface area contributed by atoms with Crippen LogP contribution in [0, 0.1) is 5.92 Å². The zero-order valence-electron chi connectivity index (χ0n) is 11.8. The van der Waals surface area contributed by atoms with Crippen LogP contribution >= 0.6 is 11.6 Å². The summed E-state index contributed by atoms with van der Waals surface area (Å²) in [5.41, 5.74) is 5.78. The molecular formula is C14H18ClN3O3. The molecule has 3 N–H and O–H groups in total. The van der Waals surface area contributed by atoms with Crippen molar-refractivity contribution in [2.75, 3.05) is 25.5 Å². The van der Waals surface area contributed by atoms with Gasteiger partial charge in [-0.3, -0.25) is 4.79 Å². The third-order valence-corrected chi connectivity index (χ3v) is 3.93. The molecule has 1 aliphatic heterocycles. The van der Waals surface area contributed by atoms with Crippen molar-refractivity contribution in [3.8, 4) is 5.75 Å². The topological polar surface area (TPSA) is 84.7 Å². The third-order valence-electron chi connectivity index (χ3n) is 3.54. The number of methoxy groups -OCH3 is 1. The minimum atomic E-state index is -0.369. The van der Waals surface area contributed by atoms with Crippen molar-refractivity contribution in [2.24, 2.45) is 11.7 Å². The molecule has 1 atom stereocenters. The summed E-state index contributed by atoms with van der Waals surface area (Å²) in [5.74, 6) is -0.166. The van der Waals surface area contributed by atoms with Gasteiger partial charge >= 0.3 is 6.03 Å². The molecule has 1 heterocycles. The number of amides is 3. The van der Waals surface area contributed by atoms with Crippen LogP contribution in [-0.4, -0.2) is 37.0 Å². The van der Waals surface area contributed by atoms with Crippen LogP contribution in [0.3, 0.4) is 0 Å². The van der Waals surface area contributed by atoms with Gasteiger partial charge in [-0.1, -0.05) is 17.7 Å². The fourth-order valence-electron chi connectivity index (χ4n) is 2.35. The molecule has 0 spiro atoms. The first-order chi connectivity index (χ1) is 10.0. The Morgan fingerprint density at radius 1 is 1.48 bits per heavy atom. The molecule has 1 aromatic rings. The van der Waals surface area contributed by atoms with Crippen molar-refractivity contribution in [1.29, 1.82) is 0 Å². The van der Waals surface area contributed by atoms with Gasteiger partial charge in [0.25, 0.3) is 0 Å². The van der Waals surface area contributed by atoms with Gasteiger partial charge in [-0.05, 0) is 25.0 Å². The van der Waals surface area contributed by atoms with E-state index in [1.54, 1.807) is 23.1 Å². The first-order valence-electron chi connectivity index (χ1n) is 6.70.